The summed E-state index contributed by atoms with van der Waals surface area (Å²) in [5.74, 6) is 2.12. The molecule has 0 aliphatic carbocycles. The molecule has 0 aromatic heterocycles. The highest BCUT2D eigenvalue weighted by Crippen LogP contribution is 2.42. The zero-order valence-electron chi connectivity index (χ0n) is 29.5. The van der Waals surface area contributed by atoms with Crippen molar-refractivity contribution < 1.29 is 33.6 Å². The first-order valence-electron chi connectivity index (χ1n) is 16.9. The number of ether oxygens (including phenoxy) is 4. The van der Waals surface area contributed by atoms with E-state index in [1.165, 1.54) is 0 Å². The zero-order chi connectivity index (χ0) is 35.2. The monoisotopic (exact) mass is 672 g/mol. The minimum absolute atomic E-state index is 0.0779. The predicted octanol–water partition coefficient (Wildman–Crippen LogP) is 5.63. The van der Waals surface area contributed by atoms with Crippen LogP contribution in [0.3, 0.4) is 0 Å². The number of fused-ring (bicyclic) bond motifs is 4. The molecule has 2 aromatic carbocycles. The Morgan fingerprint density at radius 2 is 1.55 bits per heavy atom. The average Bonchev–Trinajstić information content (AvgIpc) is 3.61. The smallest absolute Gasteiger partial charge is 0.257 e. The highest BCUT2D eigenvalue weighted by molar-refractivity contribution is 6.04. The van der Waals surface area contributed by atoms with Crippen LogP contribution in [-0.4, -0.2) is 98.8 Å². The van der Waals surface area contributed by atoms with E-state index < -0.39 is 6.23 Å². The minimum Gasteiger partial charge on any atom is -0.493 e. The lowest BCUT2D eigenvalue weighted by Crippen LogP contribution is -2.47. The van der Waals surface area contributed by atoms with Gasteiger partial charge >= 0.3 is 0 Å². The number of benzene rings is 2. The first-order valence-corrected chi connectivity index (χ1v) is 16.9. The van der Waals surface area contributed by atoms with Gasteiger partial charge in [0, 0.05) is 38.5 Å². The molecule has 0 bridgehead atoms. The molecule has 4 aliphatic heterocycles. The van der Waals surface area contributed by atoms with Crippen molar-refractivity contribution in [1.82, 2.24) is 9.80 Å². The first-order chi connectivity index (χ1) is 23.3. The number of hydrogen-bond acceptors (Lipinski definition) is 9. The molecule has 0 spiro atoms. The average molecular weight is 673 g/mol. The van der Waals surface area contributed by atoms with Crippen molar-refractivity contribution in [2.45, 2.75) is 64.8 Å². The fourth-order valence-corrected chi connectivity index (χ4v) is 7.51. The van der Waals surface area contributed by atoms with E-state index in [2.05, 4.69) is 38.9 Å². The van der Waals surface area contributed by atoms with E-state index in [1.807, 2.05) is 6.21 Å². The van der Waals surface area contributed by atoms with Crippen molar-refractivity contribution in [2.24, 2.45) is 16.3 Å². The molecule has 2 fully saturated rings. The van der Waals surface area contributed by atoms with Crippen molar-refractivity contribution in [3.05, 3.63) is 59.7 Å². The molecule has 2 saturated heterocycles. The minimum atomic E-state index is -0.866. The normalized spacial score (nSPS) is 22.3. The van der Waals surface area contributed by atoms with Gasteiger partial charge in [0.25, 0.3) is 11.8 Å². The highest BCUT2D eigenvalue weighted by Gasteiger charge is 2.43. The van der Waals surface area contributed by atoms with Gasteiger partial charge in [-0.15, -0.1) is 0 Å². The van der Waals surface area contributed by atoms with Crippen molar-refractivity contribution in [2.75, 3.05) is 52.5 Å². The summed E-state index contributed by atoms with van der Waals surface area (Å²) in [5, 5.41) is 11.1. The molecule has 11 nitrogen and oxygen atoms in total. The Morgan fingerprint density at radius 1 is 0.918 bits per heavy atom. The topological polar surface area (TPSA) is 113 Å². The van der Waals surface area contributed by atoms with E-state index in [0.717, 1.165) is 30.4 Å². The Labute approximate surface area is 288 Å². The van der Waals surface area contributed by atoms with Gasteiger partial charge in [-0.1, -0.05) is 45.1 Å². The Kier molecular flexibility index (Phi) is 9.41. The van der Waals surface area contributed by atoms with Gasteiger partial charge in [-0.3, -0.25) is 14.6 Å². The Bertz CT molecular complexity index is 1700. The lowest BCUT2D eigenvalue weighted by atomic mass is 9.83. The maximum absolute atomic E-state index is 13.5. The molecule has 2 amide bonds. The van der Waals surface area contributed by atoms with E-state index in [9.17, 15) is 14.7 Å². The third kappa shape index (κ3) is 6.73. The number of hydrogen-bond donors (Lipinski definition) is 1. The van der Waals surface area contributed by atoms with E-state index in [1.54, 1.807) is 60.2 Å². The standard InChI is InChI=1S/C38H48N4O7/c1-22(9-10-48-34-16-29-27(14-32(34)47-8)36(44)42-20-24(3)12-30(42)37(45)40(29)6)17-38(4,5)21-49-33-15-28-26(13-31(33)46-7)35(43)41-19-23(2)11-25(41)18-39-28/h13-16,18,22,25,30,37,45H,2-3,9-12,17,19-21H2,1,4-8H3/t22?,25-,30-,37-/m0/s1. The number of anilines is 1. The fourth-order valence-electron chi connectivity index (χ4n) is 7.51. The molecule has 2 aromatic rings. The van der Waals surface area contributed by atoms with Crippen LogP contribution in [0.1, 0.15) is 67.2 Å². The maximum atomic E-state index is 13.5. The van der Waals surface area contributed by atoms with E-state index in [-0.39, 0.29) is 29.3 Å². The summed E-state index contributed by atoms with van der Waals surface area (Å²) in [6, 6.07) is 6.60. The maximum Gasteiger partial charge on any atom is 0.257 e. The molecule has 11 heteroatoms. The number of aliphatic hydroxyl groups excluding tert-OH is 1. The number of carbonyl (C=O) groups is 2. The molecule has 4 atom stereocenters. The molecule has 49 heavy (non-hydrogen) atoms. The number of aliphatic hydroxyl groups is 1. The van der Waals surface area contributed by atoms with Crippen LogP contribution in [0, 0.1) is 11.3 Å². The predicted molar refractivity (Wildman–Crippen MR) is 189 cm³/mol. The summed E-state index contributed by atoms with van der Waals surface area (Å²) in [6.07, 6.45) is 3.90. The number of rotatable bonds is 11. The molecule has 4 heterocycles. The van der Waals surface area contributed by atoms with Crippen molar-refractivity contribution >= 4 is 29.4 Å². The van der Waals surface area contributed by atoms with Gasteiger partial charge in [0.15, 0.2) is 23.0 Å². The number of nitrogens with zero attached hydrogens (tertiary/aromatic N) is 4. The number of amides is 2. The molecule has 1 N–H and O–H groups in total. The second kappa shape index (κ2) is 13.4. The van der Waals surface area contributed by atoms with Gasteiger partial charge in [0.1, 0.15) is 6.23 Å². The largest absolute Gasteiger partial charge is 0.493 e. The highest BCUT2D eigenvalue weighted by atomic mass is 16.5. The fraction of sp³-hybridized carbons (Fsp3) is 0.500. The van der Waals surface area contributed by atoms with Crippen LogP contribution in [0.15, 0.2) is 53.6 Å². The second-order valence-corrected chi connectivity index (χ2v) is 14.7. The number of methoxy groups -OCH3 is 2. The SMILES string of the molecule is C=C1C[C@H]2C=Nc3cc(OCC(C)(C)CC(C)CCOc4cc5c(cc4OC)C(=O)N4CC(=C)C[C@H]4[C@H](O)N5C)c(OC)cc3C(=O)N2C1. The summed E-state index contributed by atoms with van der Waals surface area (Å²) in [5.41, 5.74) is 3.92. The zero-order valence-corrected chi connectivity index (χ0v) is 29.5. The number of carbonyl (C=O) groups excluding carboxylic acids is 2. The third-order valence-corrected chi connectivity index (χ3v) is 10.0. The van der Waals surface area contributed by atoms with Gasteiger partial charge in [-0.2, -0.15) is 0 Å². The van der Waals surface area contributed by atoms with Crippen LogP contribution in [-0.2, 0) is 0 Å². The van der Waals surface area contributed by atoms with Crippen molar-refractivity contribution in [3.8, 4) is 23.0 Å². The van der Waals surface area contributed by atoms with Gasteiger partial charge < -0.3 is 38.8 Å². The Morgan fingerprint density at radius 3 is 2.27 bits per heavy atom. The van der Waals surface area contributed by atoms with Crippen molar-refractivity contribution in [1.29, 1.82) is 0 Å². The summed E-state index contributed by atoms with van der Waals surface area (Å²) >= 11 is 0. The molecule has 262 valence electrons. The van der Waals surface area contributed by atoms with Crippen molar-refractivity contribution in [3.63, 3.8) is 0 Å². The summed E-state index contributed by atoms with van der Waals surface area (Å²) in [7, 11) is 4.92. The quantitative estimate of drug-likeness (QED) is 0.306. The summed E-state index contributed by atoms with van der Waals surface area (Å²) in [4.78, 5) is 36.7. The Balaban J connectivity index is 1.07. The lowest BCUT2D eigenvalue weighted by molar-refractivity contribution is 0.0527. The molecule has 4 aliphatic rings. The van der Waals surface area contributed by atoms with E-state index in [4.69, 9.17) is 18.9 Å². The van der Waals surface area contributed by atoms with Crippen LogP contribution in [0.2, 0.25) is 0 Å². The third-order valence-electron chi connectivity index (χ3n) is 10.0. The van der Waals surface area contributed by atoms with Crippen LogP contribution < -0.4 is 23.8 Å². The number of likely N-dealkylation sites (N-methyl/N-ethyl adjacent to an activating group) is 1. The van der Waals surface area contributed by atoms with Crippen LogP contribution in [0.4, 0.5) is 11.4 Å². The van der Waals surface area contributed by atoms with E-state index >= 15 is 0 Å². The molecule has 1 unspecified atom stereocenters. The number of aliphatic imine (C=N–C) groups is 1. The summed E-state index contributed by atoms with van der Waals surface area (Å²) < 4.78 is 23.9. The molecule has 0 saturated carbocycles. The molecule has 0 radical (unpaired) electrons. The first kappa shape index (κ1) is 34.4. The van der Waals surface area contributed by atoms with Gasteiger partial charge in [0.05, 0.1) is 62.0 Å². The molecule has 6 rings (SSSR count). The lowest BCUT2D eigenvalue weighted by Gasteiger charge is -2.30. The van der Waals surface area contributed by atoms with Gasteiger partial charge in [0.2, 0.25) is 0 Å². The molecular formula is C38H48N4O7. The summed E-state index contributed by atoms with van der Waals surface area (Å²) in [6.45, 7) is 16.5. The second-order valence-electron chi connectivity index (χ2n) is 14.7. The van der Waals surface area contributed by atoms with Gasteiger partial charge in [-0.25, -0.2) is 0 Å². The Hall–Kier alpha value is -4.51. The van der Waals surface area contributed by atoms with Crippen LogP contribution in [0.25, 0.3) is 0 Å². The van der Waals surface area contributed by atoms with Crippen LogP contribution >= 0.6 is 0 Å². The van der Waals surface area contributed by atoms with Crippen LogP contribution in [0.5, 0.6) is 23.0 Å². The van der Waals surface area contributed by atoms with E-state index in [0.29, 0.717) is 84.1 Å². The molecular weight excluding hydrogens is 624 g/mol. The van der Waals surface area contributed by atoms with Gasteiger partial charge in [-0.05, 0) is 49.1 Å².